The molecule has 1 amide bonds. The van der Waals surface area contributed by atoms with Gasteiger partial charge in [0, 0.05) is 18.0 Å². The number of rotatable bonds is 6. The molecule has 1 atom stereocenters. The summed E-state index contributed by atoms with van der Waals surface area (Å²) < 4.78 is 15.6. The van der Waals surface area contributed by atoms with Crippen molar-refractivity contribution in [3.05, 3.63) is 23.8 Å². The number of hydrogen-bond acceptors (Lipinski definition) is 6. The highest BCUT2D eigenvalue weighted by Crippen LogP contribution is 2.35. The summed E-state index contributed by atoms with van der Waals surface area (Å²) in [6, 6.07) is 4.12. The number of nitrogens with one attached hydrogen (secondary N) is 1. The standard InChI is InChI=1S/C16H23NO6/c1-16(2,3)23-15(20)17-11(9-13(18)19)10-7-6-8-12(21-4)14(10)22-5/h6-8,11H,9H2,1-5H3,(H,17,20)(H,18,19)/p-1/t11-/m1/s1. The Hall–Kier alpha value is -2.44. The van der Waals surface area contributed by atoms with Crippen molar-refractivity contribution in [2.45, 2.75) is 38.8 Å². The van der Waals surface area contributed by atoms with Crippen molar-refractivity contribution >= 4 is 12.1 Å². The van der Waals surface area contributed by atoms with E-state index in [4.69, 9.17) is 14.2 Å². The first-order valence-corrected chi connectivity index (χ1v) is 7.08. The van der Waals surface area contributed by atoms with Gasteiger partial charge in [0.15, 0.2) is 11.5 Å². The summed E-state index contributed by atoms with van der Waals surface area (Å²) in [7, 11) is 2.90. The predicted molar refractivity (Wildman–Crippen MR) is 81.3 cm³/mol. The van der Waals surface area contributed by atoms with Crippen LogP contribution in [0.1, 0.15) is 38.8 Å². The van der Waals surface area contributed by atoms with Gasteiger partial charge in [0.2, 0.25) is 0 Å². The van der Waals surface area contributed by atoms with E-state index >= 15 is 0 Å². The van der Waals surface area contributed by atoms with Gasteiger partial charge < -0.3 is 29.4 Å². The molecule has 0 saturated heterocycles. The molecule has 128 valence electrons. The normalized spacial score (nSPS) is 12.2. The molecule has 0 bridgehead atoms. The Morgan fingerprint density at radius 2 is 1.87 bits per heavy atom. The monoisotopic (exact) mass is 324 g/mol. The molecule has 1 aromatic carbocycles. The van der Waals surface area contributed by atoms with E-state index in [1.807, 2.05) is 0 Å². The number of carbonyl (C=O) groups excluding carboxylic acids is 2. The summed E-state index contributed by atoms with van der Waals surface area (Å²) in [5.74, 6) is -0.535. The van der Waals surface area contributed by atoms with E-state index in [9.17, 15) is 14.7 Å². The number of carbonyl (C=O) groups is 2. The van der Waals surface area contributed by atoms with E-state index in [0.717, 1.165) is 0 Å². The first-order chi connectivity index (χ1) is 10.7. The number of benzene rings is 1. The first kappa shape index (κ1) is 18.6. The zero-order valence-electron chi connectivity index (χ0n) is 14.0. The van der Waals surface area contributed by atoms with Gasteiger partial charge in [-0.05, 0) is 26.8 Å². The summed E-state index contributed by atoms with van der Waals surface area (Å²) in [4.78, 5) is 23.0. The van der Waals surface area contributed by atoms with Crippen molar-refractivity contribution in [1.29, 1.82) is 0 Å². The minimum absolute atomic E-state index is 0.345. The van der Waals surface area contributed by atoms with E-state index in [1.165, 1.54) is 14.2 Å². The van der Waals surface area contributed by atoms with Gasteiger partial charge >= 0.3 is 6.09 Å². The average Bonchev–Trinajstić information content (AvgIpc) is 2.43. The average molecular weight is 324 g/mol. The second-order valence-corrected chi connectivity index (χ2v) is 5.86. The molecule has 0 aromatic heterocycles. The molecule has 1 aromatic rings. The van der Waals surface area contributed by atoms with Crippen LogP contribution < -0.4 is 19.9 Å². The molecule has 0 heterocycles. The van der Waals surface area contributed by atoms with Crippen LogP contribution in [0.25, 0.3) is 0 Å². The fourth-order valence-corrected chi connectivity index (χ4v) is 2.04. The highest BCUT2D eigenvalue weighted by Gasteiger charge is 2.24. The molecule has 0 fully saturated rings. The van der Waals surface area contributed by atoms with Gasteiger partial charge in [0.05, 0.1) is 20.3 Å². The first-order valence-electron chi connectivity index (χ1n) is 7.08. The van der Waals surface area contributed by atoms with Crippen molar-refractivity contribution in [2.24, 2.45) is 0 Å². The highest BCUT2D eigenvalue weighted by molar-refractivity contribution is 5.72. The minimum atomic E-state index is -1.31. The van der Waals surface area contributed by atoms with Crippen LogP contribution in [0.3, 0.4) is 0 Å². The maximum absolute atomic E-state index is 12.0. The van der Waals surface area contributed by atoms with Crippen molar-refractivity contribution in [3.8, 4) is 11.5 Å². The van der Waals surface area contributed by atoms with Gasteiger partial charge in [-0.1, -0.05) is 12.1 Å². The summed E-state index contributed by atoms with van der Waals surface area (Å²) in [6.07, 6.45) is -1.16. The lowest BCUT2D eigenvalue weighted by molar-refractivity contribution is -0.306. The Morgan fingerprint density at radius 3 is 2.35 bits per heavy atom. The van der Waals surface area contributed by atoms with Gasteiger partial charge in [-0.25, -0.2) is 4.79 Å². The Morgan fingerprint density at radius 1 is 1.22 bits per heavy atom. The molecule has 0 aliphatic carbocycles. The number of carboxylic acid groups (broad SMARTS) is 1. The van der Waals surface area contributed by atoms with Gasteiger partial charge in [-0.2, -0.15) is 0 Å². The molecule has 0 saturated carbocycles. The number of methoxy groups -OCH3 is 2. The molecule has 1 N–H and O–H groups in total. The molecule has 7 heteroatoms. The van der Waals surface area contributed by atoms with E-state index in [0.29, 0.717) is 17.1 Å². The third-order valence-electron chi connectivity index (χ3n) is 2.87. The zero-order valence-corrected chi connectivity index (χ0v) is 14.0. The summed E-state index contributed by atoms with van der Waals surface area (Å²) in [6.45, 7) is 5.14. The summed E-state index contributed by atoms with van der Waals surface area (Å²) >= 11 is 0. The molecule has 0 aliphatic heterocycles. The van der Waals surface area contributed by atoms with Crippen LogP contribution in [0, 0.1) is 0 Å². The lowest BCUT2D eigenvalue weighted by Gasteiger charge is -2.25. The number of amides is 1. The maximum atomic E-state index is 12.0. The Bertz CT molecular complexity index is 564. The van der Waals surface area contributed by atoms with Gasteiger partial charge in [0.1, 0.15) is 5.60 Å². The van der Waals surface area contributed by atoms with Crippen molar-refractivity contribution in [1.82, 2.24) is 5.32 Å². The van der Waals surface area contributed by atoms with Crippen LogP contribution in [0.2, 0.25) is 0 Å². The quantitative estimate of drug-likeness (QED) is 0.850. The fraction of sp³-hybridized carbons (Fsp3) is 0.500. The molecule has 23 heavy (non-hydrogen) atoms. The molecular formula is C16H22NO6-. The molecule has 0 radical (unpaired) electrons. The van der Waals surface area contributed by atoms with Gasteiger partial charge in [-0.15, -0.1) is 0 Å². The van der Waals surface area contributed by atoms with Crippen LogP contribution in [0.15, 0.2) is 18.2 Å². The highest BCUT2D eigenvalue weighted by atomic mass is 16.6. The largest absolute Gasteiger partial charge is 0.550 e. The number of carboxylic acids is 1. The fourth-order valence-electron chi connectivity index (χ4n) is 2.04. The predicted octanol–water partition coefficient (Wildman–Crippen LogP) is 1.41. The summed E-state index contributed by atoms with van der Waals surface area (Å²) in [5, 5.41) is 13.6. The minimum Gasteiger partial charge on any atom is -0.550 e. The Kier molecular flexibility index (Phi) is 6.24. The smallest absolute Gasteiger partial charge is 0.408 e. The third kappa shape index (κ3) is 5.69. The van der Waals surface area contributed by atoms with Crippen LogP contribution in [0.4, 0.5) is 4.79 Å². The van der Waals surface area contributed by atoms with Crippen molar-refractivity contribution in [3.63, 3.8) is 0 Å². The molecule has 1 rings (SSSR count). The lowest BCUT2D eigenvalue weighted by atomic mass is 10.0. The number of para-hydroxylation sites is 1. The summed E-state index contributed by atoms with van der Waals surface area (Å²) in [5.41, 5.74) is -0.240. The lowest BCUT2D eigenvalue weighted by Crippen LogP contribution is -2.37. The Labute approximate surface area is 135 Å². The second kappa shape index (κ2) is 7.71. The molecule has 0 spiro atoms. The SMILES string of the molecule is COc1cccc([C@@H](CC(=O)[O-])NC(=O)OC(C)(C)C)c1OC. The third-order valence-corrected chi connectivity index (χ3v) is 2.87. The van der Waals surface area contributed by atoms with Gasteiger partial charge in [-0.3, -0.25) is 0 Å². The number of hydrogen-bond donors (Lipinski definition) is 1. The molecule has 0 aliphatic rings. The number of aliphatic carboxylic acids is 1. The number of ether oxygens (including phenoxy) is 3. The number of alkyl carbamates (subject to hydrolysis) is 1. The topological polar surface area (TPSA) is 96.9 Å². The Balaban J connectivity index is 3.12. The van der Waals surface area contributed by atoms with E-state index in [-0.39, 0.29) is 0 Å². The molecule has 0 unspecified atom stereocenters. The second-order valence-electron chi connectivity index (χ2n) is 5.86. The van der Waals surface area contributed by atoms with Crippen molar-refractivity contribution < 1.29 is 28.9 Å². The maximum Gasteiger partial charge on any atom is 0.408 e. The zero-order chi connectivity index (χ0) is 17.6. The van der Waals surface area contributed by atoms with Crippen molar-refractivity contribution in [2.75, 3.05) is 14.2 Å². The van der Waals surface area contributed by atoms with Crippen LogP contribution in [-0.4, -0.2) is 31.9 Å². The van der Waals surface area contributed by atoms with Gasteiger partial charge in [0.25, 0.3) is 0 Å². The van der Waals surface area contributed by atoms with Crippen LogP contribution in [0.5, 0.6) is 11.5 Å². The van der Waals surface area contributed by atoms with Crippen LogP contribution in [-0.2, 0) is 9.53 Å². The van der Waals surface area contributed by atoms with E-state index in [1.54, 1.807) is 39.0 Å². The molecular weight excluding hydrogens is 302 g/mol. The van der Waals surface area contributed by atoms with E-state index < -0.39 is 30.1 Å². The molecule has 7 nitrogen and oxygen atoms in total. The van der Waals surface area contributed by atoms with Crippen LogP contribution >= 0.6 is 0 Å². The van der Waals surface area contributed by atoms with E-state index in [2.05, 4.69) is 5.32 Å².